The van der Waals surface area contributed by atoms with Crippen molar-refractivity contribution in [3.8, 4) is 0 Å². The smallest absolute Gasteiger partial charge is 0.0943 e. The third-order valence-electron chi connectivity index (χ3n) is 3.10. The molecule has 0 fully saturated rings. The molecule has 18 heavy (non-hydrogen) atoms. The first-order chi connectivity index (χ1) is 8.32. The molecule has 2 N–H and O–H groups in total. The molecule has 0 amide bonds. The lowest BCUT2D eigenvalue weighted by molar-refractivity contribution is 0.107. The molecule has 1 rings (SSSR count). The van der Waals surface area contributed by atoms with Gasteiger partial charge in [0.25, 0.3) is 0 Å². The first kappa shape index (κ1) is 15.6. The number of thiazole rings is 1. The highest BCUT2D eigenvalue weighted by molar-refractivity contribution is 7.09. The van der Waals surface area contributed by atoms with Crippen molar-refractivity contribution in [3.05, 3.63) is 16.1 Å². The van der Waals surface area contributed by atoms with E-state index in [1.165, 1.54) is 5.69 Å². The van der Waals surface area contributed by atoms with E-state index in [2.05, 4.69) is 38.1 Å². The van der Waals surface area contributed by atoms with Gasteiger partial charge in [0.15, 0.2) is 0 Å². The molecule has 0 saturated heterocycles. The molecule has 4 heteroatoms. The Kier molecular flexibility index (Phi) is 5.76. The van der Waals surface area contributed by atoms with E-state index < -0.39 is 0 Å². The number of nitrogens with two attached hydrogens (primary N) is 1. The van der Waals surface area contributed by atoms with Gasteiger partial charge in [-0.2, -0.15) is 0 Å². The Hall–Kier alpha value is -0.450. The Morgan fingerprint density at radius 3 is 2.56 bits per heavy atom. The van der Waals surface area contributed by atoms with Crippen LogP contribution in [0.15, 0.2) is 5.38 Å². The van der Waals surface area contributed by atoms with E-state index in [9.17, 15) is 0 Å². The molecular weight excluding hydrogens is 244 g/mol. The molecule has 0 bridgehead atoms. The molecule has 1 heterocycles. The Bertz CT molecular complexity index is 357. The van der Waals surface area contributed by atoms with Gasteiger partial charge in [0.05, 0.1) is 16.8 Å². The Morgan fingerprint density at radius 2 is 2.06 bits per heavy atom. The lowest BCUT2D eigenvalue weighted by Gasteiger charge is -2.15. The molecule has 1 aromatic heterocycles. The summed E-state index contributed by atoms with van der Waals surface area (Å²) in [5.41, 5.74) is 7.43. The average molecular weight is 270 g/mol. The molecule has 0 spiro atoms. The second kappa shape index (κ2) is 6.64. The monoisotopic (exact) mass is 270 g/mol. The molecule has 2 atom stereocenters. The molecule has 0 radical (unpaired) electrons. The predicted molar refractivity (Wildman–Crippen MR) is 78.2 cm³/mol. The average Bonchev–Trinajstić information content (AvgIpc) is 2.74. The summed E-state index contributed by atoms with van der Waals surface area (Å²) in [6, 6.07) is 0.182. The van der Waals surface area contributed by atoms with Crippen LogP contribution in [0, 0.1) is 0 Å². The van der Waals surface area contributed by atoms with E-state index in [0.29, 0.717) is 0 Å². The lowest BCUT2D eigenvalue weighted by atomic mass is 9.93. The highest BCUT2D eigenvalue weighted by Gasteiger charge is 2.18. The highest BCUT2D eigenvalue weighted by atomic mass is 32.1. The van der Waals surface area contributed by atoms with Crippen LogP contribution >= 0.6 is 11.3 Å². The fourth-order valence-electron chi connectivity index (χ4n) is 1.64. The molecular formula is C14H26N2OS. The maximum absolute atomic E-state index is 6.14. The number of ether oxygens (including phenoxy) is 1. The largest absolute Gasteiger partial charge is 0.382 e. The van der Waals surface area contributed by atoms with Crippen molar-refractivity contribution in [2.45, 2.75) is 64.5 Å². The first-order valence-electron chi connectivity index (χ1n) is 6.56. The topological polar surface area (TPSA) is 48.1 Å². The van der Waals surface area contributed by atoms with Gasteiger partial charge >= 0.3 is 0 Å². The van der Waals surface area contributed by atoms with Crippen molar-refractivity contribution >= 4 is 11.3 Å². The van der Waals surface area contributed by atoms with Gasteiger partial charge in [0.1, 0.15) is 0 Å². The van der Waals surface area contributed by atoms with Crippen LogP contribution in [0.4, 0.5) is 0 Å². The van der Waals surface area contributed by atoms with E-state index in [-0.39, 0.29) is 17.6 Å². The Balaban J connectivity index is 2.45. The zero-order valence-electron chi connectivity index (χ0n) is 12.2. The summed E-state index contributed by atoms with van der Waals surface area (Å²) in [5, 5.41) is 3.30. The van der Waals surface area contributed by atoms with Gasteiger partial charge in [0.2, 0.25) is 0 Å². The molecule has 2 unspecified atom stereocenters. The zero-order valence-corrected chi connectivity index (χ0v) is 13.0. The van der Waals surface area contributed by atoms with Crippen molar-refractivity contribution in [3.63, 3.8) is 0 Å². The fourth-order valence-corrected chi connectivity index (χ4v) is 2.76. The zero-order chi connectivity index (χ0) is 13.8. The molecule has 3 nitrogen and oxygen atoms in total. The van der Waals surface area contributed by atoms with Crippen LogP contribution in [-0.2, 0) is 16.6 Å². The number of methoxy groups -OCH3 is 1. The molecule has 0 aromatic carbocycles. The van der Waals surface area contributed by atoms with Gasteiger partial charge in [-0.25, -0.2) is 4.98 Å². The summed E-state index contributed by atoms with van der Waals surface area (Å²) in [6.07, 6.45) is 3.16. The SMILES string of the molecule is COC(C)CCC(N)Cc1nc(C(C)(C)C)cs1. The Morgan fingerprint density at radius 1 is 1.39 bits per heavy atom. The van der Waals surface area contributed by atoms with E-state index in [1.807, 2.05) is 0 Å². The second-order valence-electron chi connectivity index (χ2n) is 5.96. The van der Waals surface area contributed by atoms with Crippen LogP contribution in [0.5, 0.6) is 0 Å². The molecule has 0 aliphatic carbocycles. The lowest BCUT2D eigenvalue weighted by Crippen LogP contribution is -2.24. The number of nitrogens with zero attached hydrogens (tertiary/aromatic N) is 1. The minimum atomic E-state index is 0.128. The number of hydrogen-bond donors (Lipinski definition) is 1. The van der Waals surface area contributed by atoms with Gasteiger partial charge in [-0.05, 0) is 19.8 Å². The van der Waals surface area contributed by atoms with Gasteiger partial charge in [-0.3, -0.25) is 0 Å². The summed E-state index contributed by atoms with van der Waals surface area (Å²) in [4.78, 5) is 4.68. The van der Waals surface area contributed by atoms with E-state index in [0.717, 1.165) is 24.3 Å². The number of rotatable bonds is 6. The summed E-state index contributed by atoms with van der Waals surface area (Å²) in [5.74, 6) is 0. The third kappa shape index (κ3) is 5.04. The van der Waals surface area contributed by atoms with Crippen molar-refractivity contribution in [1.29, 1.82) is 0 Å². The molecule has 0 aliphatic heterocycles. The molecule has 1 aromatic rings. The highest BCUT2D eigenvalue weighted by Crippen LogP contribution is 2.24. The van der Waals surface area contributed by atoms with Crippen LogP contribution in [0.25, 0.3) is 0 Å². The van der Waals surface area contributed by atoms with Crippen molar-refractivity contribution in [2.24, 2.45) is 5.73 Å². The maximum Gasteiger partial charge on any atom is 0.0943 e. The summed E-state index contributed by atoms with van der Waals surface area (Å²) in [6.45, 7) is 8.64. The van der Waals surface area contributed by atoms with E-state index >= 15 is 0 Å². The normalized spacial score (nSPS) is 15.7. The van der Waals surface area contributed by atoms with Crippen LogP contribution in [-0.4, -0.2) is 24.2 Å². The van der Waals surface area contributed by atoms with Crippen molar-refractivity contribution < 1.29 is 4.74 Å². The van der Waals surface area contributed by atoms with Crippen LogP contribution in [0.2, 0.25) is 0 Å². The standard InChI is InChI=1S/C14H26N2OS/c1-10(17-5)6-7-11(15)8-13-16-12(9-18-13)14(2,3)4/h9-11H,6-8,15H2,1-5H3. The number of hydrogen-bond acceptors (Lipinski definition) is 4. The van der Waals surface area contributed by atoms with Crippen molar-refractivity contribution in [1.82, 2.24) is 4.98 Å². The minimum Gasteiger partial charge on any atom is -0.382 e. The van der Waals surface area contributed by atoms with E-state index in [4.69, 9.17) is 10.5 Å². The van der Waals surface area contributed by atoms with Gasteiger partial charge < -0.3 is 10.5 Å². The summed E-state index contributed by atoms with van der Waals surface area (Å²) >= 11 is 1.72. The molecule has 0 saturated carbocycles. The second-order valence-corrected chi connectivity index (χ2v) is 6.91. The van der Waals surface area contributed by atoms with Crippen LogP contribution < -0.4 is 5.73 Å². The predicted octanol–water partition coefficient (Wildman–Crippen LogP) is 3.13. The fraction of sp³-hybridized carbons (Fsp3) is 0.786. The van der Waals surface area contributed by atoms with Crippen LogP contribution in [0.3, 0.4) is 0 Å². The number of aromatic nitrogens is 1. The van der Waals surface area contributed by atoms with Crippen molar-refractivity contribution in [2.75, 3.05) is 7.11 Å². The van der Waals surface area contributed by atoms with Crippen LogP contribution in [0.1, 0.15) is 51.2 Å². The summed E-state index contributed by atoms with van der Waals surface area (Å²) < 4.78 is 5.23. The van der Waals surface area contributed by atoms with Gasteiger partial charge in [-0.1, -0.05) is 20.8 Å². The maximum atomic E-state index is 6.14. The molecule has 0 aliphatic rings. The minimum absolute atomic E-state index is 0.128. The Labute approximate surface area is 115 Å². The molecule has 104 valence electrons. The first-order valence-corrected chi connectivity index (χ1v) is 7.44. The summed E-state index contributed by atoms with van der Waals surface area (Å²) in [7, 11) is 1.74. The van der Waals surface area contributed by atoms with E-state index in [1.54, 1.807) is 18.4 Å². The quantitative estimate of drug-likeness (QED) is 0.864. The van der Waals surface area contributed by atoms with Gasteiger partial charge in [-0.15, -0.1) is 11.3 Å². The third-order valence-corrected chi connectivity index (χ3v) is 3.97. The van der Waals surface area contributed by atoms with Gasteiger partial charge in [0, 0.05) is 30.4 Å².